The largest absolute Gasteiger partial charge is 0.573 e. The van der Waals surface area contributed by atoms with E-state index in [4.69, 9.17) is 0 Å². The molecule has 1 N–H and O–H groups in total. The average Bonchev–Trinajstić information content (AvgIpc) is 2.99. The van der Waals surface area contributed by atoms with Crippen LogP contribution in [-0.2, 0) is 9.59 Å². The number of aryl methyl sites for hydroxylation is 2. The molecule has 4 rings (SSSR count). The monoisotopic (exact) mass is 452 g/mol. The zero-order chi connectivity index (χ0) is 23.8. The van der Waals surface area contributed by atoms with Crippen molar-refractivity contribution < 1.29 is 27.5 Å². The second-order valence-electron chi connectivity index (χ2n) is 7.59. The summed E-state index contributed by atoms with van der Waals surface area (Å²) in [6, 6.07) is 19.0. The van der Waals surface area contributed by atoms with E-state index in [1.807, 2.05) is 26.0 Å². The lowest BCUT2D eigenvalue weighted by atomic mass is 10.0. The molecular formula is C25H19F3N2O3. The third-order valence-electron chi connectivity index (χ3n) is 5.07. The van der Waals surface area contributed by atoms with Crippen LogP contribution in [-0.4, -0.2) is 18.2 Å². The lowest BCUT2D eigenvalue weighted by Crippen LogP contribution is -2.32. The highest BCUT2D eigenvalue weighted by Gasteiger charge is 2.40. The number of anilines is 2. The van der Waals surface area contributed by atoms with Gasteiger partial charge in [0.25, 0.3) is 11.8 Å². The van der Waals surface area contributed by atoms with Gasteiger partial charge in [-0.3, -0.25) is 9.59 Å². The summed E-state index contributed by atoms with van der Waals surface area (Å²) in [7, 11) is 0. The van der Waals surface area contributed by atoms with Crippen LogP contribution < -0.4 is 15.0 Å². The first-order chi connectivity index (χ1) is 15.6. The highest BCUT2D eigenvalue weighted by Crippen LogP contribution is 2.34. The number of amides is 2. The predicted octanol–water partition coefficient (Wildman–Crippen LogP) is 5.60. The van der Waals surface area contributed by atoms with Crippen molar-refractivity contribution in [1.29, 1.82) is 0 Å². The molecule has 0 unspecified atom stereocenters. The number of alkyl halides is 3. The van der Waals surface area contributed by atoms with Gasteiger partial charge in [0, 0.05) is 5.69 Å². The Morgan fingerprint density at radius 1 is 0.758 bits per heavy atom. The second-order valence-corrected chi connectivity index (χ2v) is 7.59. The van der Waals surface area contributed by atoms with Gasteiger partial charge in [-0.05, 0) is 55.8 Å². The van der Waals surface area contributed by atoms with Gasteiger partial charge in [0.05, 0.1) is 11.3 Å². The number of hydrogen-bond donors (Lipinski definition) is 1. The van der Waals surface area contributed by atoms with E-state index in [0.29, 0.717) is 16.9 Å². The molecule has 1 heterocycles. The van der Waals surface area contributed by atoms with Crippen LogP contribution in [0, 0.1) is 13.8 Å². The van der Waals surface area contributed by atoms with Crippen molar-refractivity contribution in [3.63, 3.8) is 0 Å². The molecule has 33 heavy (non-hydrogen) atoms. The normalized spacial score (nSPS) is 14.2. The van der Waals surface area contributed by atoms with Crippen molar-refractivity contribution in [2.75, 3.05) is 10.2 Å². The minimum atomic E-state index is -4.81. The van der Waals surface area contributed by atoms with Crippen LogP contribution in [0.4, 0.5) is 24.5 Å². The van der Waals surface area contributed by atoms with Gasteiger partial charge in [0.15, 0.2) is 0 Å². The molecule has 1 aliphatic rings. The zero-order valence-electron chi connectivity index (χ0n) is 17.7. The molecule has 8 heteroatoms. The minimum Gasteiger partial charge on any atom is -0.406 e. The summed E-state index contributed by atoms with van der Waals surface area (Å²) < 4.78 is 41.2. The third-order valence-corrected chi connectivity index (χ3v) is 5.07. The van der Waals surface area contributed by atoms with Crippen molar-refractivity contribution in [2.24, 2.45) is 0 Å². The second kappa shape index (κ2) is 8.46. The summed E-state index contributed by atoms with van der Waals surface area (Å²) in [5, 5.41) is 2.92. The standard InChI is InChI=1S/C25H19F3N2O3/c1-15-3-7-17(8-4-15)21-22(29-18-9-13-20(14-10-18)33-25(26,27)28)24(32)30(23(21)31)19-11-5-16(2)6-12-19/h3-14,29H,1-2H3. The molecule has 0 bridgehead atoms. The van der Waals surface area contributed by atoms with E-state index < -0.39 is 23.9 Å². The minimum absolute atomic E-state index is 0.0360. The summed E-state index contributed by atoms with van der Waals surface area (Å²) in [4.78, 5) is 27.8. The molecule has 5 nitrogen and oxygen atoms in total. The Morgan fingerprint density at radius 3 is 1.85 bits per heavy atom. The van der Waals surface area contributed by atoms with Crippen LogP contribution in [0.5, 0.6) is 5.75 Å². The Hall–Kier alpha value is -4.07. The van der Waals surface area contributed by atoms with E-state index in [2.05, 4.69) is 10.1 Å². The van der Waals surface area contributed by atoms with E-state index in [9.17, 15) is 22.8 Å². The molecule has 0 saturated carbocycles. The van der Waals surface area contributed by atoms with Gasteiger partial charge in [-0.25, -0.2) is 4.90 Å². The lowest BCUT2D eigenvalue weighted by Gasteiger charge is -2.15. The fraction of sp³-hybridized carbons (Fsp3) is 0.120. The molecule has 1 aliphatic heterocycles. The molecule has 0 atom stereocenters. The smallest absolute Gasteiger partial charge is 0.406 e. The Bertz CT molecular complexity index is 1230. The first-order valence-electron chi connectivity index (χ1n) is 10.0. The molecule has 0 fully saturated rings. The summed E-state index contributed by atoms with van der Waals surface area (Å²) >= 11 is 0. The quantitative estimate of drug-likeness (QED) is 0.512. The van der Waals surface area contributed by atoms with Gasteiger partial charge >= 0.3 is 6.36 Å². The molecule has 0 saturated heterocycles. The van der Waals surface area contributed by atoms with Gasteiger partial charge in [-0.2, -0.15) is 0 Å². The third kappa shape index (κ3) is 4.74. The van der Waals surface area contributed by atoms with Crippen molar-refractivity contribution in [2.45, 2.75) is 20.2 Å². The molecule has 0 aromatic heterocycles. The number of hydrogen-bond acceptors (Lipinski definition) is 4. The Labute approximate surface area is 188 Å². The zero-order valence-corrected chi connectivity index (χ0v) is 17.7. The fourth-order valence-electron chi connectivity index (χ4n) is 3.45. The Kier molecular flexibility index (Phi) is 5.68. The number of imide groups is 1. The van der Waals surface area contributed by atoms with Crippen LogP contribution in [0.2, 0.25) is 0 Å². The van der Waals surface area contributed by atoms with Gasteiger partial charge in [0.2, 0.25) is 0 Å². The number of ether oxygens (including phenoxy) is 1. The maximum atomic E-state index is 13.4. The van der Waals surface area contributed by atoms with E-state index in [0.717, 1.165) is 28.2 Å². The number of carbonyl (C=O) groups excluding carboxylic acids is 2. The van der Waals surface area contributed by atoms with Crippen LogP contribution >= 0.6 is 0 Å². The molecule has 3 aromatic carbocycles. The fourth-order valence-corrected chi connectivity index (χ4v) is 3.45. The summed E-state index contributed by atoms with van der Waals surface area (Å²) in [6.07, 6.45) is -4.81. The highest BCUT2D eigenvalue weighted by atomic mass is 19.4. The maximum Gasteiger partial charge on any atom is 0.573 e. The Balaban J connectivity index is 1.72. The average molecular weight is 452 g/mol. The summed E-state index contributed by atoms with van der Waals surface area (Å²) in [6.45, 7) is 3.80. The van der Waals surface area contributed by atoms with E-state index in [-0.39, 0.29) is 11.3 Å². The molecule has 0 aliphatic carbocycles. The predicted molar refractivity (Wildman–Crippen MR) is 119 cm³/mol. The van der Waals surface area contributed by atoms with Crippen molar-refractivity contribution in [3.05, 3.63) is 95.2 Å². The first kappa shape index (κ1) is 22.1. The van der Waals surface area contributed by atoms with Gasteiger partial charge in [-0.15, -0.1) is 13.2 Å². The van der Waals surface area contributed by atoms with Crippen LogP contribution in [0.25, 0.3) is 5.57 Å². The molecule has 0 spiro atoms. The van der Waals surface area contributed by atoms with Crippen LogP contribution in [0.3, 0.4) is 0 Å². The summed E-state index contributed by atoms with van der Waals surface area (Å²) in [5.74, 6) is -1.45. The van der Waals surface area contributed by atoms with E-state index >= 15 is 0 Å². The van der Waals surface area contributed by atoms with Gasteiger partial charge in [0.1, 0.15) is 11.4 Å². The van der Waals surface area contributed by atoms with Gasteiger partial charge < -0.3 is 10.1 Å². The number of nitrogens with zero attached hydrogens (tertiary/aromatic N) is 1. The maximum absolute atomic E-state index is 13.4. The van der Waals surface area contributed by atoms with E-state index in [1.165, 1.54) is 12.1 Å². The van der Waals surface area contributed by atoms with Crippen molar-refractivity contribution in [1.82, 2.24) is 0 Å². The van der Waals surface area contributed by atoms with Gasteiger partial charge in [-0.1, -0.05) is 47.5 Å². The number of rotatable bonds is 5. The number of carbonyl (C=O) groups is 2. The highest BCUT2D eigenvalue weighted by molar-refractivity contribution is 6.46. The van der Waals surface area contributed by atoms with Crippen molar-refractivity contribution in [3.8, 4) is 5.75 Å². The number of nitrogens with one attached hydrogen (secondary N) is 1. The van der Waals surface area contributed by atoms with Crippen LogP contribution in [0.15, 0.2) is 78.5 Å². The topological polar surface area (TPSA) is 58.6 Å². The molecule has 0 radical (unpaired) electrons. The van der Waals surface area contributed by atoms with Crippen molar-refractivity contribution >= 4 is 28.8 Å². The molecule has 168 valence electrons. The van der Waals surface area contributed by atoms with Crippen LogP contribution in [0.1, 0.15) is 16.7 Å². The number of benzene rings is 3. The lowest BCUT2D eigenvalue weighted by molar-refractivity contribution is -0.274. The number of halogens is 3. The SMILES string of the molecule is Cc1ccc(C2=C(Nc3ccc(OC(F)(F)F)cc3)C(=O)N(c3ccc(C)cc3)C2=O)cc1. The molecular weight excluding hydrogens is 433 g/mol. The molecule has 2 amide bonds. The van der Waals surface area contributed by atoms with E-state index in [1.54, 1.807) is 36.4 Å². The Morgan fingerprint density at radius 2 is 1.30 bits per heavy atom. The molecule has 3 aromatic rings. The summed E-state index contributed by atoms with van der Waals surface area (Å²) in [5.41, 5.74) is 3.48. The first-order valence-corrected chi connectivity index (χ1v) is 10.0.